The average Bonchev–Trinajstić information content (AvgIpc) is 2.20. The van der Waals surface area contributed by atoms with Crippen LogP contribution in [0.2, 0.25) is 0 Å². The Labute approximate surface area is 90.1 Å². The number of fused-ring (bicyclic) bond motifs is 1. The van der Waals surface area contributed by atoms with Crippen LogP contribution in [0.1, 0.15) is 10.4 Å². The monoisotopic (exact) mass is 256 g/mol. The second kappa shape index (κ2) is 3.71. The number of carbonyl (C=O) groups excluding carboxylic acids is 1. The third-order valence-corrected chi connectivity index (χ3v) is 2.81. The molecule has 2 rings (SSSR count). The predicted molar refractivity (Wildman–Crippen MR) is 54.8 cm³/mol. The van der Waals surface area contributed by atoms with Gasteiger partial charge in [0, 0.05) is 7.11 Å². The SMILES string of the molecule is COC1COc2c(Br)cccc2C1=O. The van der Waals surface area contributed by atoms with E-state index in [1.54, 1.807) is 6.07 Å². The van der Waals surface area contributed by atoms with Crippen molar-refractivity contribution in [1.82, 2.24) is 0 Å². The first-order valence-corrected chi connectivity index (χ1v) is 5.01. The van der Waals surface area contributed by atoms with E-state index in [1.165, 1.54) is 7.11 Å². The second-order valence-corrected chi connectivity index (χ2v) is 3.87. The van der Waals surface area contributed by atoms with Crippen LogP contribution in [0.25, 0.3) is 0 Å². The highest BCUT2D eigenvalue weighted by molar-refractivity contribution is 9.10. The first-order chi connectivity index (χ1) is 6.74. The first kappa shape index (κ1) is 9.68. The molecule has 0 N–H and O–H groups in total. The zero-order valence-corrected chi connectivity index (χ0v) is 9.21. The van der Waals surface area contributed by atoms with Crippen LogP contribution in [-0.2, 0) is 4.74 Å². The minimum absolute atomic E-state index is 0.0185. The van der Waals surface area contributed by atoms with Crippen molar-refractivity contribution in [3.8, 4) is 5.75 Å². The number of rotatable bonds is 1. The number of halogens is 1. The third-order valence-electron chi connectivity index (χ3n) is 2.19. The summed E-state index contributed by atoms with van der Waals surface area (Å²) in [4.78, 5) is 11.8. The molecule has 1 aliphatic heterocycles. The molecule has 1 heterocycles. The van der Waals surface area contributed by atoms with Gasteiger partial charge in [-0.3, -0.25) is 4.79 Å². The van der Waals surface area contributed by atoms with Crippen molar-refractivity contribution in [3.63, 3.8) is 0 Å². The van der Waals surface area contributed by atoms with Gasteiger partial charge in [-0.15, -0.1) is 0 Å². The number of ketones is 1. The molecule has 0 aliphatic carbocycles. The summed E-state index contributed by atoms with van der Waals surface area (Å²) in [5.74, 6) is 0.598. The summed E-state index contributed by atoms with van der Waals surface area (Å²) in [5.41, 5.74) is 0.581. The minimum Gasteiger partial charge on any atom is -0.488 e. The van der Waals surface area contributed by atoms with Gasteiger partial charge in [0.1, 0.15) is 12.4 Å². The van der Waals surface area contributed by atoms with E-state index in [4.69, 9.17) is 9.47 Å². The van der Waals surface area contributed by atoms with Crippen LogP contribution in [0.15, 0.2) is 22.7 Å². The van der Waals surface area contributed by atoms with Crippen molar-refractivity contribution in [3.05, 3.63) is 28.2 Å². The summed E-state index contributed by atoms with van der Waals surface area (Å²) in [7, 11) is 1.51. The topological polar surface area (TPSA) is 35.5 Å². The van der Waals surface area contributed by atoms with Gasteiger partial charge < -0.3 is 9.47 Å². The highest BCUT2D eigenvalue weighted by Crippen LogP contribution is 2.33. The molecule has 4 heteroatoms. The Morgan fingerprint density at radius 3 is 3.07 bits per heavy atom. The van der Waals surface area contributed by atoms with E-state index in [1.807, 2.05) is 12.1 Å². The van der Waals surface area contributed by atoms with Gasteiger partial charge in [-0.2, -0.15) is 0 Å². The smallest absolute Gasteiger partial charge is 0.198 e. The maximum absolute atomic E-state index is 11.8. The van der Waals surface area contributed by atoms with Crippen LogP contribution >= 0.6 is 15.9 Å². The van der Waals surface area contributed by atoms with Gasteiger partial charge in [-0.25, -0.2) is 0 Å². The van der Waals surface area contributed by atoms with Gasteiger partial charge in [0.2, 0.25) is 0 Å². The molecular formula is C10H9BrO3. The summed E-state index contributed by atoms with van der Waals surface area (Å²) in [6.07, 6.45) is -0.475. The van der Waals surface area contributed by atoms with Crippen LogP contribution in [0, 0.1) is 0 Å². The molecule has 0 amide bonds. The molecule has 0 bridgehead atoms. The van der Waals surface area contributed by atoms with E-state index in [0.717, 1.165) is 4.47 Å². The Balaban J connectivity index is 2.46. The number of ether oxygens (including phenoxy) is 2. The molecule has 3 nitrogen and oxygen atoms in total. The Hall–Kier alpha value is -0.870. The van der Waals surface area contributed by atoms with Crippen LogP contribution in [-0.4, -0.2) is 25.6 Å². The van der Waals surface area contributed by atoms with Crippen molar-refractivity contribution >= 4 is 21.7 Å². The second-order valence-electron chi connectivity index (χ2n) is 3.02. The third kappa shape index (κ3) is 1.44. The lowest BCUT2D eigenvalue weighted by Crippen LogP contribution is -2.34. The van der Waals surface area contributed by atoms with Crippen molar-refractivity contribution in [2.75, 3.05) is 13.7 Å². The normalized spacial score (nSPS) is 20.1. The standard InChI is InChI=1S/C10H9BrO3/c1-13-8-5-14-10-6(9(8)12)3-2-4-7(10)11/h2-4,8H,5H2,1H3. The molecule has 1 aliphatic rings. The molecule has 14 heavy (non-hydrogen) atoms. The summed E-state index contributed by atoms with van der Waals surface area (Å²) in [6.45, 7) is 0.283. The molecule has 0 saturated carbocycles. The molecule has 74 valence electrons. The molecule has 0 fully saturated rings. The lowest BCUT2D eigenvalue weighted by Gasteiger charge is -2.23. The molecule has 0 aromatic heterocycles. The van der Waals surface area contributed by atoms with E-state index in [-0.39, 0.29) is 12.4 Å². The molecule has 1 aromatic rings. The average molecular weight is 257 g/mol. The number of hydrogen-bond acceptors (Lipinski definition) is 3. The number of hydrogen-bond donors (Lipinski definition) is 0. The van der Waals surface area contributed by atoms with Crippen LogP contribution in [0.3, 0.4) is 0 Å². The molecule has 0 radical (unpaired) electrons. The fourth-order valence-electron chi connectivity index (χ4n) is 1.43. The highest BCUT2D eigenvalue weighted by Gasteiger charge is 2.29. The lowest BCUT2D eigenvalue weighted by atomic mass is 10.0. The summed E-state index contributed by atoms with van der Waals surface area (Å²) in [5, 5.41) is 0. The van der Waals surface area contributed by atoms with E-state index in [9.17, 15) is 4.79 Å². The Kier molecular flexibility index (Phi) is 2.56. The molecule has 0 spiro atoms. The van der Waals surface area contributed by atoms with Gasteiger partial charge in [-0.05, 0) is 28.1 Å². The van der Waals surface area contributed by atoms with E-state index in [0.29, 0.717) is 11.3 Å². The van der Waals surface area contributed by atoms with Crippen molar-refractivity contribution in [1.29, 1.82) is 0 Å². The van der Waals surface area contributed by atoms with Crippen molar-refractivity contribution < 1.29 is 14.3 Å². The Morgan fingerprint density at radius 1 is 1.57 bits per heavy atom. The predicted octanol–water partition coefficient (Wildman–Crippen LogP) is 2.04. The lowest BCUT2D eigenvalue weighted by molar-refractivity contribution is 0.0366. The molecular weight excluding hydrogens is 248 g/mol. The quantitative estimate of drug-likeness (QED) is 0.772. The zero-order valence-electron chi connectivity index (χ0n) is 7.62. The molecule has 1 unspecified atom stereocenters. The Morgan fingerprint density at radius 2 is 2.36 bits per heavy atom. The number of benzene rings is 1. The minimum atomic E-state index is -0.475. The zero-order chi connectivity index (χ0) is 10.1. The number of para-hydroxylation sites is 1. The first-order valence-electron chi connectivity index (χ1n) is 4.22. The summed E-state index contributed by atoms with van der Waals surface area (Å²) in [6, 6.07) is 5.40. The maximum Gasteiger partial charge on any atom is 0.198 e. The van der Waals surface area contributed by atoms with Gasteiger partial charge in [0.25, 0.3) is 0 Å². The van der Waals surface area contributed by atoms with E-state index >= 15 is 0 Å². The van der Waals surface area contributed by atoms with Crippen molar-refractivity contribution in [2.45, 2.75) is 6.10 Å². The van der Waals surface area contributed by atoms with Gasteiger partial charge in [0.05, 0.1) is 10.0 Å². The number of Topliss-reactive ketones (excluding diaryl/α,β-unsaturated/α-hetero) is 1. The fourth-order valence-corrected chi connectivity index (χ4v) is 1.91. The van der Waals surface area contributed by atoms with Gasteiger partial charge in [-0.1, -0.05) is 6.07 Å². The fraction of sp³-hybridized carbons (Fsp3) is 0.300. The van der Waals surface area contributed by atoms with Crippen molar-refractivity contribution in [2.24, 2.45) is 0 Å². The van der Waals surface area contributed by atoms with Crippen LogP contribution < -0.4 is 4.74 Å². The maximum atomic E-state index is 11.8. The molecule has 0 saturated heterocycles. The largest absolute Gasteiger partial charge is 0.488 e. The summed E-state index contributed by atoms with van der Waals surface area (Å²) >= 11 is 3.33. The van der Waals surface area contributed by atoms with E-state index in [2.05, 4.69) is 15.9 Å². The van der Waals surface area contributed by atoms with Gasteiger partial charge >= 0.3 is 0 Å². The molecule has 1 aromatic carbocycles. The van der Waals surface area contributed by atoms with Crippen LogP contribution in [0.5, 0.6) is 5.75 Å². The summed E-state index contributed by atoms with van der Waals surface area (Å²) < 4.78 is 11.2. The Bertz CT molecular complexity index is 376. The highest BCUT2D eigenvalue weighted by atomic mass is 79.9. The molecule has 1 atom stereocenters. The van der Waals surface area contributed by atoms with E-state index < -0.39 is 6.10 Å². The number of carbonyl (C=O) groups is 1. The van der Waals surface area contributed by atoms with Gasteiger partial charge in [0.15, 0.2) is 11.9 Å². The number of methoxy groups -OCH3 is 1. The van der Waals surface area contributed by atoms with Crippen LogP contribution in [0.4, 0.5) is 0 Å².